The van der Waals surface area contributed by atoms with E-state index in [1.165, 1.54) is 18.2 Å². The number of nitro groups is 1. The first kappa shape index (κ1) is 12.4. The van der Waals surface area contributed by atoms with Crippen molar-refractivity contribution in [3.05, 3.63) is 34.4 Å². The number of benzene rings is 1. The normalized spacial score (nSPS) is 9.81. The molecule has 1 aromatic rings. The standard InChI is InChI=1S/C10H11ClN2O3/c11-6-2-5-10(14)12-8-3-1-4-9(7-8)13(15)16/h1,3-4,7H,2,5-6H2,(H,12,14). The van der Waals surface area contributed by atoms with Crippen LogP contribution in [0.25, 0.3) is 0 Å². The van der Waals surface area contributed by atoms with Gasteiger partial charge in [0.05, 0.1) is 4.92 Å². The first-order chi connectivity index (χ1) is 7.63. The number of carbonyl (C=O) groups is 1. The van der Waals surface area contributed by atoms with Gasteiger partial charge in [-0.3, -0.25) is 14.9 Å². The van der Waals surface area contributed by atoms with Crippen LogP contribution >= 0.6 is 11.6 Å². The number of anilines is 1. The quantitative estimate of drug-likeness (QED) is 0.490. The molecule has 0 bridgehead atoms. The third-order valence-corrected chi connectivity index (χ3v) is 2.15. The second-order valence-electron chi connectivity index (χ2n) is 3.15. The smallest absolute Gasteiger partial charge is 0.271 e. The molecule has 1 aromatic carbocycles. The highest BCUT2D eigenvalue weighted by Crippen LogP contribution is 2.17. The molecule has 0 fully saturated rings. The molecule has 0 saturated carbocycles. The average molecular weight is 243 g/mol. The average Bonchev–Trinajstić information content (AvgIpc) is 2.26. The van der Waals surface area contributed by atoms with Crippen LogP contribution in [0.15, 0.2) is 24.3 Å². The van der Waals surface area contributed by atoms with E-state index in [-0.39, 0.29) is 11.6 Å². The van der Waals surface area contributed by atoms with Gasteiger partial charge in [0, 0.05) is 30.1 Å². The lowest BCUT2D eigenvalue weighted by atomic mass is 10.2. The number of hydrogen-bond acceptors (Lipinski definition) is 3. The molecule has 1 amide bonds. The molecule has 0 atom stereocenters. The van der Waals surface area contributed by atoms with E-state index in [4.69, 9.17) is 11.6 Å². The van der Waals surface area contributed by atoms with E-state index in [1.54, 1.807) is 6.07 Å². The number of nitrogens with zero attached hydrogens (tertiary/aromatic N) is 1. The summed E-state index contributed by atoms with van der Waals surface area (Å²) in [5, 5.41) is 13.1. The van der Waals surface area contributed by atoms with Crippen LogP contribution in [0, 0.1) is 10.1 Å². The summed E-state index contributed by atoms with van der Waals surface area (Å²) >= 11 is 5.45. The lowest BCUT2D eigenvalue weighted by Gasteiger charge is -2.03. The zero-order chi connectivity index (χ0) is 12.0. The van der Waals surface area contributed by atoms with Gasteiger partial charge >= 0.3 is 0 Å². The van der Waals surface area contributed by atoms with Crippen molar-refractivity contribution in [1.82, 2.24) is 0 Å². The zero-order valence-corrected chi connectivity index (χ0v) is 9.24. The van der Waals surface area contributed by atoms with Crippen LogP contribution in [0.5, 0.6) is 0 Å². The molecular formula is C10H11ClN2O3. The van der Waals surface area contributed by atoms with Crippen molar-refractivity contribution in [1.29, 1.82) is 0 Å². The van der Waals surface area contributed by atoms with Crippen molar-refractivity contribution in [2.45, 2.75) is 12.8 Å². The molecule has 0 heterocycles. The Morgan fingerprint density at radius 1 is 1.50 bits per heavy atom. The number of amides is 1. The Morgan fingerprint density at radius 3 is 2.88 bits per heavy atom. The van der Waals surface area contributed by atoms with Crippen molar-refractivity contribution in [2.24, 2.45) is 0 Å². The highest BCUT2D eigenvalue weighted by molar-refractivity contribution is 6.18. The summed E-state index contributed by atoms with van der Waals surface area (Å²) in [7, 11) is 0. The number of nitrogens with one attached hydrogen (secondary N) is 1. The van der Waals surface area contributed by atoms with E-state index in [9.17, 15) is 14.9 Å². The van der Waals surface area contributed by atoms with Gasteiger partial charge in [0.1, 0.15) is 0 Å². The van der Waals surface area contributed by atoms with E-state index in [0.29, 0.717) is 24.4 Å². The van der Waals surface area contributed by atoms with Gasteiger partial charge in [-0.15, -0.1) is 11.6 Å². The predicted octanol–water partition coefficient (Wildman–Crippen LogP) is 2.55. The molecule has 0 spiro atoms. The Balaban J connectivity index is 2.63. The Morgan fingerprint density at radius 2 is 2.25 bits per heavy atom. The minimum absolute atomic E-state index is 0.0462. The van der Waals surface area contributed by atoms with Crippen LogP contribution in [-0.2, 0) is 4.79 Å². The van der Waals surface area contributed by atoms with Gasteiger partial charge in [-0.1, -0.05) is 6.07 Å². The fourth-order valence-electron chi connectivity index (χ4n) is 1.15. The fraction of sp³-hybridized carbons (Fsp3) is 0.300. The molecule has 1 rings (SSSR count). The summed E-state index contributed by atoms with van der Waals surface area (Å²) in [5.41, 5.74) is 0.379. The zero-order valence-electron chi connectivity index (χ0n) is 8.48. The van der Waals surface area contributed by atoms with Crippen LogP contribution < -0.4 is 5.32 Å². The van der Waals surface area contributed by atoms with E-state index in [0.717, 1.165) is 0 Å². The maximum Gasteiger partial charge on any atom is 0.271 e. The molecule has 16 heavy (non-hydrogen) atoms. The Kier molecular flexibility index (Phi) is 4.72. The molecule has 86 valence electrons. The van der Waals surface area contributed by atoms with Crippen LogP contribution in [-0.4, -0.2) is 16.7 Å². The number of hydrogen-bond donors (Lipinski definition) is 1. The molecule has 0 aliphatic rings. The topological polar surface area (TPSA) is 72.2 Å². The van der Waals surface area contributed by atoms with Crippen molar-refractivity contribution < 1.29 is 9.72 Å². The molecular weight excluding hydrogens is 232 g/mol. The Labute approximate surface area is 97.6 Å². The predicted molar refractivity (Wildman–Crippen MR) is 61.7 cm³/mol. The van der Waals surface area contributed by atoms with Crippen molar-refractivity contribution in [3.63, 3.8) is 0 Å². The summed E-state index contributed by atoms with van der Waals surface area (Å²) in [5.74, 6) is 0.226. The van der Waals surface area contributed by atoms with Gasteiger partial charge < -0.3 is 5.32 Å². The Bertz CT molecular complexity index is 395. The first-order valence-corrected chi connectivity index (χ1v) is 5.27. The van der Waals surface area contributed by atoms with E-state index in [1.807, 2.05) is 0 Å². The highest BCUT2D eigenvalue weighted by Gasteiger charge is 2.07. The van der Waals surface area contributed by atoms with E-state index >= 15 is 0 Å². The van der Waals surface area contributed by atoms with Gasteiger partial charge in [-0.25, -0.2) is 0 Å². The molecule has 0 saturated heterocycles. The minimum atomic E-state index is -0.506. The Hall–Kier alpha value is -1.62. The van der Waals surface area contributed by atoms with Crippen LogP contribution in [0.3, 0.4) is 0 Å². The summed E-state index contributed by atoms with van der Waals surface area (Å²) < 4.78 is 0. The summed E-state index contributed by atoms with van der Waals surface area (Å²) in [4.78, 5) is 21.3. The maximum atomic E-state index is 11.3. The third-order valence-electron chi connectivity index (χ3n) is 1.88. The molecule has 1 N–H and O–H groups in total. The van der Waals surface area contributed by atoms with Gasteiger partial charge in [-0.05, 0) is 12.5 Å². The van der Waals surface area contributed by atoms with Gasteiger partial charge in [0.15, 0.2) is 0 Å². The van der Waals surface area contributed by atoms with Crippen LogP contribution in [0.4, 0.5) is 11.4 Å². The highest BCUT2D eigenvalue weighted by atomic mass is 35.5. The number of non-ortho nitro benzene ring substituents is 1. The fourth-order valence-corrected chi connectivity index (χ4v) is 1.28. The second kappa shape index (κ2) is 6.07. The number of carbonyl (C=O) groups excluding carboxylic acids is 1. The molecule has 0 aliphatic carbocycles. The number of rotatable bonds is 5. The molecule has 0 radical (unpaired) electrons. The van der Waals surface area contributed by atoms with Crippen LogP contribution in [0.2, 0.25) is 0 Å². The molecule has 0 unspecified atom stereocenters. The number of alkyl halides is 1. The second-order valence-corrected chi connectivity index (χ2v) is 3.53. The van der Waals surface area contributed by atoms with Gasteiger partial charge in [0.2, 0.25) is 5.91 Å². The lowest BCUT2D eigenvalue weighted by molar-refractivity contribution is -0.384. The maximum absolute atomic E-state index is 11.3. The number of nitro benzene ring substituents is 1. The molecule has 6 heteroatoms. The van der Waals surface area contributed by atoms with E-state index < -0.39 is 4.92 Å². The minimum Gasteiger partial charge on any atom is -0.326 e. The summed E-state index contributed by atoms with van der Waals surface area (Å²) in [6, 6.07) is 5.81. The third kappa shape index (κ3) is 3.86. The van der Waals surface area contributed by atoms with Crippen molar-refractivity contribution in [2.75, 3.05) is 11.2 Å². The largest absolute Gasteiger partial charge is 0.326 e. The van der Waals surface area contributed by atoms with Gasteiger partial charge in [0.25, 0.3) is 5.69 Å². The summed E-state index contributed by atoms with van der Waals surface area (Å²) in [6.07, 6.45) is 0.897. The SMILES string of the molecule is O=C(CCCCl)Nc1cccc([N+](=O)[O-])c1. The monoisotopic (exact) mass is 242 g/mol. The lowest BCUT2D eigenvalue weighted by Crippen LogP contribution is -2.11. The van der Waals surface area contributed by atoms with E-state index in [2.05, 4.69) is 5.32 Å². The summed E-state index contributed by atoms with van der Waals surface area (Å²) in [6.45, 7) is 0. The molecule has 5 nitrogen and oxygen atoms in total. The molecule has 0 aromatic heterocycles. The van der Waals surface area contributed by atoms with Crippen molar-refractivity contribution >= 4 is 28.9 Å². The van der Waals surface area contributed by atoms with Gasteiger partial charge in [-0.2, -0.15) is 0 Å². The van der Waals surface area contributed by atoms with Crippen molar-refractivity contribution in [3.8, 4) is 0 Å². The number of halogens is 1. The van der Waals surface area contributed by atoms with Crippen LogP contribution in [0.1, 0.15) is 12.8 Å². The molecule has 0 aliphatic heterocycles. The first-order valence-electron chi connectivity index (χ1n) is 4.74.